The van der Waals surface area contributed by atoms with Gasteiger partial charge in [-0.2, -0.15) is 0 Å². The highest BCUT2D eigenvalue weighted by molar-refractivity contribution is 7.80. The molecule has 3 rings (SSSR count). The van der Waals surface area contributed by atoms with Gasteiger partial charge < -0.3 is 14.6 Å². The van der Waals surface area contributed by atoms with Crippen LogP contribution in [-0.2, 0) is 13.0 Å². The van der Waals surface area contributed by atoms with Crippen molar-refractivity contribution in [2.24, 2.45) is 0 Å². The van der Waals surface area contributed by atoms with Crippen molar-refractivity contribution < 1.29 is 4.42 Å². The van der Waals surface area contributed by atoms with Crippen LogP contribution in [0.15, 0.2) is 47.1 Å². The third-order valence-electron chi connectivity index (χ3n) is 4.64. The lowest BCUT2D eigenvalue weighted by Crippen LogP contribution is -2.49. The first-order valence-electron chi connectivity index (χ1n) is 9.14. The van der Waals surface area contributed by atoms with Gasteiger partial charge in [0.2, 0.25) is 0 Å². The number of hydrogen-bond acceptors (Lipinski definition) is 3. The topological polar surface area (TPSA) is 31.6 Å². The Hall–Kier alpha value is -1.85. The van der Waals surface area contributed by atoms with Crippen molar-refractivity contribution in [1.29, 1.82) is 0 Å². The van der Waals surface area contributed by atoms with E-state index in [1.807, 2.05) is 12.1 Å². The van der Waals surface area contributed by atoms with Gasteiger partial charge in [0, 0.05) is 31.9 Å². The molecular weight excluding hydrogens is 330 g/mol. The van der Waals surface area contributed by atoms with E-state index < -0.39 is 0 Å². The smallest absolute Gasteiger partial charge is 0.173 e. The van der Waals surface area contributed by atoms with Crippen molar-refractivity contribution in [1.82, 2.24) is 9.80 Å². The number of furan rings is 1. The summed E-state index contributed by atoms with van der Waals surface area (Å²) in [5.41, 5.74) is 2.47. The van der Waals surface area contributed by atoms with Crippen LogP contribution in [0.2, 0.25) is 0 Å². The standard InChI is InChI=1S/C20H27N3OS/c1-2-3-5-17-7-9-18(10-8-17)21-20(25)23-13-11-22(12-14-23)16-19-6-4-15-24-19/h4,6-10,15H,2-3,5,11-14,16H2,1H3,(H,21,25). The summed E-state index contributed by atoms with van der Waals surface area (Å²) in [4.78, 5) is 4.65. The van der Waals surface area contributed by atoms with Crippen molar-refractivity contribution in [3.8, 4) is 0 Å². The van der Waals surface area contributed by atoms with Crippen molar-refractivity contribution >= 4 is 23.0 Å². The number of aryl methyl sites for hydroxylation is 1. The maximum absolute atomic E-state index is 5.59. The van der Waals surface area contributed by atoms with Crippen LogP contribution in [-0.4, -0.2) is 41.1 Å². The fraction of sp³-hybridized carbons (Fsp3) is 0.450. The number of nitrogens with zero attached hydrogens (tertiary/aromatic N) is 2. The number of nitrogens with one attached hydrogen (secondary N) is 1. The average molecular weight is 358 g/mol. The van der Waals surface area contributed by atoms with Gasteiger partial charge in [0.05, 0.1) is 12.8 Å². The predicted molar refractivity (Wildman–Crippen MR) is 107 cm³/mol. The molecule has 1 saturated heterocycles. The average Bonchev–Trinajstić information content (AvgIpc) is 3.15. The summed E-state index contributed by atoms with van der Waals surface area (Å²) < 4.78 is 5.43. The summed E-state index contributed by atoms with van der Waals surface area (Å²) >= 11 is 5.59. The van der Waals surface area contributed by atoms with Gasteiger partial charge in [-0.05, 0) is 54.9 Å². The number of rotatable bonds is 6. The maximum Gasteiger partial charge on any atom is 0.173 e. The van der Waals surface area contributed by atoms with Crippen molar-refractivity contribution in [3.05, 3.63) is 54.0 Å². The Kier molecular flexibility index (Phi) is 6.48. The van der Waals surface area contributed by atoms with Gasteiger partial charge >= 0.3 is 0 Å². The summed E-state index contributed by atoms with van der Waals surface area (Å²) in [6.45, 7) is 6.99. The van der Waals surface area contributed by atoms with E-state index in [2.05, 4.69) is 46.3 Å². The molecule has 1 aliphatic heterocycles. The maximum atomic E-state index is 5.59. The molecular formula is C20H27N3OS. The lowest BCUT2D eigenvalue weighted by molar-refractivity contribution is 0.166. The summed E-state index contributed by atoms with van der Waals surface area (Å²) in [5, 5.41) is 4.19. The molecule has 1 N–H and O–H groups in total. The quantitative estimate of drug-likeness (QED) is 0.786. The van der Waals surface area contributed by atoms with Gasteiger partial charge in [-0.1, -0.05) is 25.5 Å². The van der Waals surface area contributed by atoms with Crippen LogP contribution >= 0.6 is 12.2 Å². The Morgan fingerprint density at radius 2 is 1.88 bits per heavy atom. The number of hydrogen-bond donors (Lipinski definition) is 1. The van der Waals surface area contributed by atoms with E-state index in [0.717, 1.165) is 55.7 Å². The second kappa shape index (κ2) is 9.02. The van der Waals surface area contributed by atoms with E-state index in [9.17, 15) is 0 Å². The molecule has 0 bridgehead atoms. The van der Waals surface area contributed by atoms with E-state index in [1.165, 1.54) is 18.4 Å². The van der Waals surface area contributed by atoms with Gasteiger partial charge in [0.1, 0.15) is 5.76 Å². The number of thiocarbonyl (C=S) groups is 1. The van der Waals surface area contributed by atoms with Gasteiger partial charge in [0.25, 0.3) is 0 Å². The molecule has 25 heavy (non-hydrogen) atoms. The minimum absolute atomic E-state index is 0.818. The summed E-state index contributed by atoms with van der Waals surface area (Å²) in [7, 11) is 0. The molecule has 0 atom stereocenters. The lowest BCUT2D eigenvalue weighted by Gasteiger charge is -2.35. The summed E-state index contributed by atoms with van der Waals surface area (Å²) in [6.07, 6.45) is 5.36. The monoisotopic (exact) mass is 357 g/mol. The van der Waals surface area contributed by atoms with Crippen molar-refractivity contribution in [2.75, 3.05) is 31.5 Å². The van der Waals surface area contributed by atoms with Crippen LogP contribution in [0.5, 0.6) is 0 Å². The Labute approximate surface area is 155 Å². The molecule has 2 heterocycles. The molecule has 0 radical (unpaired) electrons. The SMILES string of the molecule is CCCCc1ccc(NC(=S)N2CCN(Cc3ccco3)CC2)cc1. The molecule has 4 nitrogen and oxygen atoms in total. The van der Waals surface area contributed by atoms with E-state index in [1.54, 1.807) is 6.26 Å². The molecule has 0 spiro atoms. The third-order valence-corrected chi connectivity index (χ3v) is 5.00. The zero-order valence-electron chi connectivity index (χ0n) is 14.9. The second-order valence-electron chi connectivity index (χ2n) is 6.57. The van der Waals surface area contributed by atoms with Crippen LogP contribution in [0.25, 0.3) is 0 Å². The van der Waals surface area contributed by atoms with Crippen LogP contribution in [0.3, 0.4) is 0 Å². The minimum Gasteiger partial charge on any atom is -0.468 e. The zero-order valence-corrected chi connectivity index (χ0v) is 15.7. The second-order valence-corrected chi connectivity index (χ2v) is 6.96. The highest BCUT2D eigenvalue weighted by atomic mass is 32.1. The molecule has 0 unspecified atom stereocenters. The Balaban J connectivity index is 1.44. The van der Waals surface area contributed by atoms with Crippen LogP contribution in [0, 0.1) is 0 Å². The summed E-state index contributed by atoms with van der Waals surface area (Å²) in [5.74, 6) is 1.03. The van der Waals surface area contributed by atoms with Crippen molar-refractivity contribution in [3.63, 3.8) is 0 Å². The van der Waals surface area contributed by atoms with E-state index in [4.69, 9.17) is 16.6 Å². The molecule has 1 aliphatic rings. The largest absolute Gasteiger partial charge is 0.468 e. The van der Waals surface area contributed by atoms with Crippen LogP contribution in [0.4, 0.5) is 5.69 Å². The first kappa shape index (κ1) is 18.0. The Morgan fingerprint density at radius 3 is 2.52 bits per heavy atom. The molecule has 0 amide bonds. The van der Waals surface area contributed by atoms with E-state index in [-0.39, 0.29) is 0 Å². The fourth-order valence-electron chi connectivity index (χ4n) is 3.07. The molecule has 1 fully saturated rings. The Morgan fingerprint density at radius 1 is 1.12 bits per heavy atom. The van der Waals surface area contributed by atoms with Gasteiger partial charge in [-0.3, -0.25) is 4.90 Å². The van der Waals surface area contributed by atoms with Gasteiger partial charge in [-0.15, -0.1) is 0 Å². The van der Waals surface area contributed by atoms with Crippen molar-refractivity contribution in [2.45, 2.75) is 32.7 Å². The highest BCUT2D eigenvalue weighted by Crippen LogP contribution is 2.14. The van der Waals surface area contributed by atoms with Gasteiger partial charge in [0.15, 0.2) is 5.11 Å². The minimum atomic E-state index is 0.818. The van der Waals surface area contributed by atoms with Crippen LogP contribution < -0.4 is 5.32 Å². The predicted octanol–water partition coefficient (Wildman–Crippen LogP) is 4.14. The normalized spacial score (nSPS) is 15.3. The first-order valence-corrected chi connectivity index (χ1v) is 9.55. The fourth-order valence-corrected chi connectivity index (χ4v) is 3.37. The molecule has 0 aliphatic carbocycles. The molecule has 2 aromatic rings. The zero-order chi connectivity index (χ0) is 17.5. The number of unbranched alkanes of at least 4 members (excludes halogenated alkanes) is 1. The molecule has 1 aromatic heterocycles. The molecule has 1 aromatic carbocycles. The van der Waals surface area contributed by atoms with Gasteiger partial charge in [-0.25, -0.2) is 0 Å². The Bertz CT molecular complexity index is 646. The molecule has 5 heteroatoms. The lowest BCUT2D eigenvalue weighted by atomic mass is 10.1. The van der Waals surface area contributed by atoms with Crippen LogP contribution in [0.1, 0.15) is 31.1 Å². The van der Waals surface area contributed by atoms with E-state index >= 15 is 0 Å². The highest BCUT2D eigenvalue weighted by Gasteiger charge is 2.19. The molecule has 134 valence electrons. The van der Waals surface area contributed by atoms with E-state index in [0.29, 0.717) is 0 Å². The number of piperazine rings is 1. The summed E-state index contributed by atoms with van der Waals surface area (Å²) in [6, 6.07) is 12.6. The third kappa shape index (κ3) is 5.31. The molecule has 0 saturated carbocycles. The number of benzene rings is 1. The first-order chi connectivity index (χ1) is 12.2. The number of anilines is 1.